The third-order valence-electron chi connectivity index (χ3n) is 2.87. The number of aromatic nitrogens is 1. The van der Waals surface area contributed by atoms with E-state index in [0.717, 1.165) is 9.35 Å². The van der Waals surface area contributed by atoms with Crippen molar-refractivity contribution in [3.05, 3.63) is 49.4 Å². The zero-order chi connectivity index (χ0) is 14.9. The molecule has 2 heterocycles. The van der Waals surface area contributed by atoms with Crippen LogP contribution in [-0.2, 0) is 0 Å². The molecule has 2 aromatic rings. The smallest absolute Gasteiger partial charge is 0.187 e. The lowest BCUT2D eigenvalue weighted by molar-refractivity contribution is -0.255. The molecule has 0 aliphatic heterocycles. The fourth-order valence-electron chi connectivity index (χ4n) is 1.98. The molecule has 0 aromatic carbocycles. The van der Waals surface area contributed by atoms with Crippen LogP contribution < -0.4 is 5.11 Å². The Balaban J connectivity index is 2.30. The summed E-state index contributed by atoms with van der Waals surface area (Å²) in [5.41, 5.74) is 1.28. The number of halogens is 1. The van der Waals surface area contributed by atoms with Crippen LogP contribution in [0.5, 0.6) is 0 Å². The van der Waals surface area contributed by atoms with Gasteiger partial charge in [0.25, 0.3) is 0 Å². The van der Waals surface area contributed by atoms with Crippen molar-refractivity contribution in [2.24, 2.45) is 0 Å². The van der Waals surface area contributed by atoms with Crippen LogP contribution in [0, 0.1) is 13.8 Å². The number of ketones is 1. The molecule has 4 nitrogen and oxygen atoms in total. The van der Waals surface area contributed by atoms with Crippen molar-refractivity contribution >= 4 is 45.1 Å². The molecule has 20 heavy (non-hydrogen) atoms. The first-order chi connectivity index (χ1) is 9.40. The summed E-state index contributed by atoms with van der Waals surface area (Å²) < 4.78 is 0.961. The van der Waals surface area contributed by atoms with Gasteiger partial charge in [-0.05, 0) is 53.6 Å². The van der Waals surface area contributed by atoms with Crippen LogP contribution in [0.2, 0.25) is 0 Å². The van der Waals surface area contributed by atoms with Crippen LogP contribution in [-0.4, -0.2) is 16.7 Å². The van der Waals surface area contributed by atoms with Crippen molar-refractivity contribution in [1.29, 1.82) is 0 Å². The first-order valence-electron chi connectivity index (χ1n) is 5.77. The number of allylic oxidation sites excluding steroid dienone is 1. The molecule has 0 unspecified atom stereocenters. The topological polar surface area (TPSA) is 73.0 Å². The van der Waals surface area contributed by atoms with Crippen molar-refractivity contribution in [3.63, 3.8) is 0 Å². The molecule has 2 aromatic heterocycles. The summed E-state index contributed by atoms with van der Waals surface area (Å²) in [6, 6.07) is 1.90. The van der Waals surface area contributed by atoms with Gasteiger partial charge in [-0.15, -0.1) is 11.3 Å². The average Bonchev–Trinajstić information content (AvgIpc) is 2.91. The van der Waals surface area contributed by atoms with Gasteiger partial charge in [-0.1, -0.05) is 0 Å². The summed E-state index contributed by atoms with van der Waals surface area (Å²) in [6.07, 6.45) is 3.16. The van der Waals surface area contributed by atoms with Crippen molar-refractivity contribution in [2.45, 2.75) is 13.8 Å². The van der Waals surface area contributed by atoms with E-state index in [4.69, 9.17) is 0 Å². The van der Waals surface area contributed by atoms with E-state index in [1.54, 1.807) is 19.9 Å². The van der Waals surface area contributed by atoms with E-state index in [1.807, 2.05) is 11.4 Å². The Bertz CT molecular complexity index is 712. The Morgan fingerprint density at radius 1 is 1.40 bits per heavy atom. The third kappa shape index (κ3) is 2.91. The van der Waals surface area contributed by atoms with Crippen molar-refractivity contribution < 1.29 is 14.7 Å². The van der Waals surface area contributed by atoms with E-state index in [1.165, 1.54) is 17.4 Å². The third-order valence-corrected chi connectivity index (χ3v) is 4.53. The van der Waals surface area contributed by atoms with Gasteiger partial charge in [0.15, 0.2) is 5.78 Å². The molecule has 0 saturated carbocycles. The lowest BCUT2D eigenvalue weighted by Gasteiger charge is -2.00. The number of carboxylic acids is 1. The number of rotatable bonds is 4. The Kier molecular flexibility index (Phi) is 4.25. The maximum Gasteiger partial charge on any atom is 0.187 e. The first kappa shape index (κ1) is 14.7. The highest BCUT2D eigenvalue weighted by Gasteiger charge is 2.16. The van der Waals surface area contributed by atoms with Crippen LogP contribution in [0.1, 0.15) is 37.0 Å². The van der Waals surface area contributed by atoms with Gasteiger partial charge in [0, 0.05) is 26.0 Å². The molecule has 2 rings (SSSR count). The number of hydrogen-bond acceptors (Lipinski definition) is 4. The number of aromatic amines is 1. The second-order valence-corrected chi connectivity index (χ2v) is 6.14. The molecule has 0 fully saturated rings. The fourth-order valence-corrected chi connectivity index (χ4v) is 3.32. The number of hydrogen-bond donors (Lipinski definition) is 1. The summed E-state index contributed by atoms with van der Waals surface area (Å²) in [7, 11) is 0. The molecule has 0 aliphatic rings. The van der Waals surface area contributed by atoms with Gasteiger partial charge in [-0.2, -0.15) is 0 Å². The molecule has 0 radical (unpaired) electrons. The van der Waals surface area contributed by atoms with E-state index in [2.05, 4.69) is 20.9 Å². The molecule has 6 heteroatoms. The number of carboxylic acid groups (broad SMARTS) is 1. The van der Waals surface area contributed by atoms with Crippen molar-refractivity contribution in [2.75, 3.05) is 0 Å². The highest BCUT2D eigenvalue weighted by Crippen LogP contribution is 2.22. The normalized spacial score (nSPS) is 11.2. The van der Waals surface area contributed by atoms with E-state index in [9.17, 15) is 14.7 Å². The number of carbonyl (C=O) groups is 2. The minimum Gasteiger partial charge on any atom is -0.543 e. The van der Waals surface area contributed by atoms with Gasteiger partial charge in [0.1, 0.15) is 0 Å². The predicted molar refractivity (Wildman–Crippen MR) is 80.0 cm³/mol. The molecular formula is C14H11BrNO3S-. The van der Waals surface area contributed by atoms with E-state index in [-0.39, 0.29) is 11.5 Å². The maximum atomic E-state index is 12.2. The van der Waals surface area contributed by atoms with Crippen LogP contribution in [0.25, 0.3) is 6.08 Å². The molecule has 104 valence electrons. The second-order valence-electron chi connectivity index (χ2n) is 4.28. The molecule has 0 amide bonds. The maximum absolute atomic E-state index is 12.2. The van der Waals surface area contributed by atoms with Gasteiger partial charge in [-0.25, -0.2) is 0 Å². The number of aromatic carboxylic acids is 1. The number of carbonyl (C=O) groups excluding carboxylic acids is 2. The van der Waals surface area contributed by atoms with E-state index < -0.39 is 5.97 Å². The molecule has 0 atom stereocenters. The summed E-state index contributed by atoms with van der Waals surface area (Å²) in [6.45, 7) is 3.26. The van der Waals surface area contributed by atoms with Gasteiger partial charge < -0.3 is 14.9 Å². The van der Waals surface area contributed by atoms with Crippen molar-refractivity contribution in [3.8, 4) is 0 Å². The standard InChI is InChI=1S/C14H12BrNO3S/c1-7-12(8(2)16-13(7)14(18)19)11(17)4-3-10-5-9(15)6-20-10/h3-6,16H,1-2H3,(H,18,19)/p-1/b4-3+. The van der Waals surface area contributed by atoms with Crippen LogP contribution in [0.3, 0.4) is 0 Å². The number of nitrogens with one attached hydrogen (secondary N) is 1. The largest absolute Gasteiger partial charge is 0.543 e. The summed E-state index contributed by atoms with van der Waals surface area (Å²) in [5.74, 6) is -1.54. The average molecular weight is 353 g/mol. The monoisotopic (exact) mass is 352 g/mol. The molecule has 0 aliphatic carbocycles. The fraction of sp³-hybridized carbons (Fsp3) is 0.143. The molecule has 0 spiro atoms. The van der Waals surface area contributed by atoms with Gasteiger partial charge >= 0.3 is 0 Å². The molecule has 1 N–H and O–H groups in total. The van der Waals surface area contributed by atoms with Gasteiger partial charge in [0.2, 0.25) is 0 Å². The highest BCUT2D eigenvalue weighted by atomic mass is 79.9. The summed E-state index contributed by atoms with van der Waals surface area (Å²) in [5, 5.41) is 12.8. The minimum atomic E-state index is -1.31. The zero-order valence-electron chi connectivity index (χ0n) is 10.8. The molecular weight excluding hydrogens is 342 g/mol. The number of aryl methyl sites for hydroxylation is 1. The minimum absolute atomic E-state index is 0.0434. The van der Waals surface area contributed by atoms with Gasteiger partial charge in [0.05, 0.1) is 11.7 Å². The predicted octanol–water partition coefficient (Wildman–Crippen LogP) is 2.72. The van der Waals surface area contributed by atoms with Crippen LogP contribution >= 0.6 is 27.3 Å². The lowest BCUT2D eigenvalue weighted by Crippen LogP contribution is -2.23. The molecule has 0 saturated heterocycles. The van der Waals surface area contributed by atoms with Crippen LogP contribution in [0.15, 0.2) is 22.0 Å². The number of H-pyrrole nitrogens is 1. The summed E-state index contributed by atoms with van der Waals surface area (Å²) >= 11 is 4.85. The zero-order valence-corrected chi connectivity index (χ0v) is 13.2. The van der Waals surface area contributed by atoms with Crippen molar-refractivity contribution in [1.82, 2.24) is 4.98 Å². The van der Waals surface area contributed by atoms with Crippen LogP contribution in [0.4, 0.5) is 0 Å². The SMILES string of the molecule is Cc1[nH]c(C(=O)[O-])c(C)c1C(=O)/C=C/c1cc(Br)cs1. The first-order valence-corrected chi connectivity index (χ1v) is 7.44. The Morgan fingerprint density at radius 3 is 2.60 bits per heavy atom. The van der Waals surface area contributed by atoms with E-state index >= 15 is 0 Å². The second kappa shape index (κ2) is 5.76. The Morgan fingerprint density at radius 2 is 2.10 bits per heavy atom. The lowest BCUT2D eigenvalue weighted by atomic mass is 10.1. The summed E-state index contributed by atoms with van der Waals surface area (Å²) in [4.78, 5) is 26.7. The quantitative estimate of drug-likeness (QED) is 0.679. The number of thiophene rings is 1. The van der Waals surface area contributed by atoms with E-state index in [0.29, 0.717) is 16.8 Å². The Labute approximate surface area is 128 Å². The highest BCUT2D eigenvalue weighted by molar-refractivity contribution is 9.10. The van der Waals surface area contributed by atoms with Gasteiger partial charge in [-0.3, -0.25) is 4.79 Å². The Hall–Kier alpha value is -1.66. The molecule has 0 bridgehead atoms.